The lowest BCUT2D eigenvalue weighted by Crippen LogP contribution is -1.94. The van der Waals surface area contributed by atoms with E-state index in [0.29, 0.717) is 16.8 Å². The van der Waals surface area contributed by atoms with Gasteiger partial charge in [0.05, 0.1) is 16.8 Å². The zero-order valence-corrected chi connectivity index (χ0v) is 12.1. The third-order valence-electron chi connectivity index (χ3n) is 2.47. The zero-order chi connectivity index (χ0) is 13.7. The minimum atomic E-state index is 0.110. The second-order valence-electron chi connectivity index (χ2n) is 3.88. The Bertz CT molecular complexity index is 582. The van der Waals surface area contributed by atoms with Gasteiger partial charge in [-0.25, -0.2) is 0 Å². The van der Waals surface area contributed by atoms with Gasteiger partial charge in [0.2, 0.25) is 0 Å². The predicted molar refractivity (Wildman–Crippen MR) is 80.7 cm³/mol. The summed E-state index contributed by atoms with van der Waals surface area (Å²) in [5.41, 5.74) is 1.74. The molecular formula is C15H14BrNO2. The number of hydrogen-bond donors (Lipinski definition) is 1. The molecule has 3 nitrogen and oxygen atoms in total. The highest BCUT2D eigenvalue weighted by atomic mass is 79.9. The van der Waals surface area contributed by atoms with E-state index in [1.807, 2.05) is 37.3 Å². The molecule has 0 aliphatic heterocycles. The van der Waals surface area contributed by atoms with E-state index in [2.05, 4.69) is 20.9 Å². The Morgan fingerprint density at radius 3 is 2.68 bits per heavy atom. The van der Waals surface area contributed by atoms with Crippen molar-refractivity contribution in [3.63, 3.8) is 0 Å². The topological polar surface area (TPSA) is 41.8 Å². The lowest BCUT2D eigenvalue weighted by Gasteiger charge is -2.08. The summed E-state index contributed by atoms with van der Waals surface area (Å²) in [7, 11) is 0. The maximum Gasteiger partial charge on any atom is 0.172 e. The van der Waals surface area contributed by atoms with Gasteiger partial charge in [0.15, 0.2) is 11.5 Å². The van der Waals surface area contributed by atoms with E-state index in [1.54, 1.807) is 18.3 Å². The summed E-state index contributed by atoms with van der Waals surface area (Å²) in [4.78, 5) is 4.37. The molecule has 0 aromatic heterocycles. The molecule has 0 spiro atoms. The van der Waals surface area contributed by atoms with E-state index < -0.39 is 0 Å². The number of phenols is 1. The van der Waals surface area contributed by atoms with Crippen molar-refractivity contribution in [2.75, 3.05) is 6.61 Å². The summed E-state index contributed by atoms with van der Waals surface area (Å²) in [6.07, 6.45) is 1.74. The van der Waals surface area contributed by atoms with Crippen molar-refractivity contribution in [3.05, 3.63) is 52.5 Å². The van der Waals surface area contributed by atoms with Crippen LogP contribution in [-0.2, 0) is 0 Å². The van der Waals surface area contributed by atoms with Gasteiger partial charge >= 0.3 is 0 Å². The van der Waals surface area contributed by atoms with Gasteiger partial charge in [0.25, 0.3) is 0 Å². The molecule has 2 rings (SSSR count). The van der Waals surface area contributed by atoms with Crippen LogP contribution in [-0.4, -0.2) is 17.9 Å². The molecular weight excluding hydrogens is 306 g/mol. The predicted octanol–water partition coefficient (Wildman–Crippen LogP) is 4.30. The fraction of sp³-hybridized carbons (Fsp3) is 0.133. The first-order chi connectivity index (χ1) is 9.20. The molecule has 19 heavy (non-hydrogen) atoms. The highest BCUT2D eigenvalue weighted by molar-refractivity contribution is 9.10. The highest BCUT2D eigenvalue weighted by Crippen LogP contribution is 2.35. The van der Waals surface area contributed by atoms with Crippen molar-refractivity contribution in [1.29, 1.82) is 0 Å². The van der Waals surface area contributed by atoms with Gasteiger partial charge in [-0.15, -0.1) is 0 Å². The number of nitrogens with zero attached hydrogens (tertiary/aromatic N) is 1. The van der Waals surface area contributed by atoms with Crippen molar-refractivity contribution in [2.45, 2.75) is 6.92 Å². The summed E-state index contributed by atoms with van der Waals surface area (Å²) in [6, 6.07) is 13.2. The number of hydrogen-bond acceptors (Lipinski definition) is 3. The average molecular weight is 320 g/mol. The van der Waals surface area contributed by atoms with Gasteiger partial charge in [-0.3, -0.25) is 4.99 Å². The van der Waals surface area contributed by atoms with Crippen molar-refractivity contribution >= 4 is 27.8 Å². The standard InChI is InChI=1S/C15H14BrNO2/c1-2-19-14-9-11(8-13(16)15(14)18)10-17-12-6-4-3-5-7-12/h3-10,18H,2H2,1H3. The minimum absolute atomic E-state index is 0.110. The monoisotopic (exact) mass is 319 g/mol. The molecule has 0 amide bonds. The van der Waals surface area contributed by atoms with E-state index in [0.717, 1.165) is 11.3 Å². The summed E-state index contributed by atoms with van der Waals surface area (Å²) in [5, 5.41) is 9.82. The largest absolute Gasteiger partial charge is 0.503 e. The smallest absolute Gasteiger partial charge is 0.172 e. The number of phenolic OH excluding ortho intramolecular Hbond substituents is 1. The first kappa shape index (κ1) is 13.6. The SMILES string of the molecule is CCOc1cc(C=Nc2ccccc2)cc(Br)c1O. The third kappa shape index (κ3) is 3.58. The van der Waals surface area contributed by atoms with Gasteiger partial charge in [-0.05, 0) is 52.7 Å². The van der Waals surface area contributed by atoms with Crippen LogP contribution in [0.4, 0.5) is 5.69 Å². The Hall–Kier alpha value is -1.81. The third-order valence-corrected chi connectivity index (χ3v) is 3.07. The summed E-state index contributed by atoms with van der Waals surface area (Å²) in [5.74, 6) is 0.560. The van der Waals surface area contributed by atoms with Crippen LogP contribution in [0.1, 0.15) is 12.5 Å². The molecule has 0 radical (unpaired) electrons. The van der Waals surface area contributed by atoms with Crippen molar-refractivity contribution in [1.82, 2.24) is 0 Å². The van der Waals surface area contributed by atoms with E-state index >= 15 is 0 Å². The van der Waals surface area contributed by atoms with Crippen LogP contribution in [0.25, 0.3) is 0 Å². The molecule has 2 aromatic rings. The number of aromatic hydroxyl groups is 1. The van der Waals surface area contributed by atoms with E-state index in [9.17, 15) is 5.11 Å². The molecule has 4 heteroatoms. The molecule has 2 aromatic carbocycles. The number of rotatable bonds is 4. The molecule has 1 N–H and O–H groups in total. The molecule has 0 saturated carbocycles. The Morgan fingerprint density at radius 2 is 2.00 bits per heavy atom. The molecule has 0 heterocycles. The second-order valence-corrected chi connectivity index (χ2v) is 4.73. The Balaban J connectivity index is 2.28. The maximum absolute atomic E-state index is 9.82. The quantitative estimate of drug-likeness (QED) is 0.853. The van der Waals surface area contributed by atoms with Gasteiger partial charge in [0, 0.05) is 6.21 Å². The number of halogens is 1. The molecule has 0 saturated heterocycles. The normalized spacial score (nSPS) is 10.8. The zero-order valence-electron chi connectivity index (χ0n) is 10.5. The summed E-state index contributed by atoms with van der Waals surface area (Å²) in [6.45, 7) is 2.37. The van der Waals surface area contributed by atoms with Crippen molar-refractivity contribution in [2.24, 2.45) is 4.99 Å². The lowest BCUT2D eigenvalue weighted by atomic mass is 10.2. The average Bonchev–Trinajstić information content (AvgIpc) is 2.43. The number of benzene rings is 2. The first-order valence-electron chi connectivity index (χ1n) is 5.95. The Kier molecular flexibility index (Phi) is 4.58. The molecule has 0 fully saturated rings. The van der Waals surface area contributed by atoms with Gasteiger partial charge in [0.1, 0.15) is 0 Å². The van der Waals surface area contributed by atoms with Crippen molar-refractivity contribution in [3.8, 4) is 11.5 Å². The Labute approximate surface area is 120 Å². The van der Waals surface area contributed by atoms with Gasteiger partial charge in [-0.1, -0.05) is 18.2 Å². The second kappa shape index (κ2) is 6.38. The molecule has 0 aliphatic carbocycles. The van der Waals surface area contributed by atoms with Gasteiger partial charge < -0.3 is 9.84 Å². The van der Waals surface area contributed by atoms with E-state index in [4.69, 9.17) is 4.74 Å². The van der Waals surface area contributed by atoms with Crippen LogP contribution < -0.4 is 4.74 Å². The Morgan fingerprint density at radius 1 is 1.26 bits per heavy atom. The lowest BCUT2D eigenvalue weighted by molar-refractivity contribution is 0.317. The van der Waals surface area contributed by atoms with E-state index in [-0.39, 0.29) is 5.75 Å². The molecule has 0 aliphatic rings. The van der Waals surface area contributed by atoms with Crippen LogP contribution in [0.15, 0.2) is 51.9 Å². The first-order valence-corrected chi connectivity index (χ1v) is 6.74. The number of ether oxygens (including phenoxy) is 1. The highest BCUT2D eigenvalue weighted by Gasteiger charge is 2.08. The van der Waals surface area contributed by atoms with Crippen LogP contribution in [0.5, 0.6) is 11.5 Å². The summed E-state index contributed by atoms with van der Waals surface area (Å²) >= 11 is 3.30. The van der Waals surface area contributed by atoms with Crippen LogP contribution in [0.2, 0.25) is 0 Å². The van der Waals surface area contributed by atoms with Crippen LogP contribution >= 0.6 is 15.9 Å². The summed E-state index contributed by atoms with van der Waals surface area (Å²) < 4.78 is 5.96. The van der Waals surface area contributed by atoms with Crippen molar-refractivity contribution < 1.29 is 9.84 Å². The molecule has 0 unspecified atom stereocenters. The molecule has 0 atom stereocenters. The fourth-order valence-corrected chi connectivity index (χ4v) is 2.06. The van der Waals surface area contributed by atoms with Gasteiger partial charge in [-0.2, -0.15) is 0 Å². The number of para-hydroxylation sites is 1. The molecule has 0 bridgehead atoms. The van der Waals surface area contributed by atoms with Crippen LogP contribution in [0.3, 0.4) is 0 Å². The minimum Gasteiger partial charge on any atom is -0.503 e. The fourth-order valence-electron chi connectivity index (χ4n) is 1.60. The van der Waals surface area contributed by atoms with Crippen LogP contribution in [0, 0.1) is 0 Å². The maximum atomic E-state index is 9.82. The molecule has 98 valence electrons. The van der Waals surface area contributed by atoms with E-state index in [1.165, 1.54) is 0 Å². The number of aliphatic imine (C=N–C) groups is 1.